The van der Waals surface area contributed by atoms with Gasteiger partial charge in [-0.05, 0) is 50.5 Å². The Bertz CT molecular complexity index is 1030. The topological polar surface area (TPSA) is 158 Å². The standard InChI is InChI=1S/C22H29FN4O6/c1-3-33-17-6-7-27(19(17)20(29)26-18(11(2)28)22(31)32)21(30)15(24)8-12-10-25-16-5-4-13(23)9-14(12)16/h4-5,9-11,15,17-19,25,28H,3,6-8,24H2,1-2H3,(H,26,29)(H,31,32)/t11-,15+,17+,18+,19+/m1/s1. The Labute approximate surface area is 189 Å². The second kappa shape index (κ2) is 10.3. The summed E-state index contributed by atoms with van der Waals surface area (Å²) in [6, 6.07) is 0.631. The molecule has 1 aliphatic heterocycles. The van der Waals surface area contributed by atoms with Gasteiger partial charge in [-0.25, -0.2) is 9.18 Å². The van der Waals surface area contributed by atoms with Gasteiger partial charge in [-0.1, -0.05) is 0 Å². The molecule has 0 bridgehead atoms. The number of nitrogens with two attached hydrogens (primary N) is 1. The van der Waals surface area contributed by atoms with Gasteiger partial charge in [-0.3, -0.25) is 9.59 Å². The number of carbonyl (C=O) groups is 3. The molecule has 1 saturated heterocycles. The average Bonchev–Trinajstić information content (AvgIpc) is 3.35. The number of halogens is 1. The van der Waals surface area contributed by atoms with Crippen molar-refractivity contribution in [2.75, 3.05) is 13.2 Å². The van der Waals surface area contributed by atoms with E-state index in [0.717, 1.165) is 0 Å². The Morgan fingerprint density at radius 1 is 1.39 bits per heavy atom. The predicted octanol–water partition coefficient (Wildman–Crippen LogP) is 0.133. The van der Waals surface area contributed by atoms with Gasteiger partial charge in [0, 0.05) is 30.3 Å². The molecule has 1 aromatic carbocycles. The van der Waals surface area contributed by atoms with Crippen LogP contribution < -0.4 is 11.1 Å². The lowest BCUT2D eigenvalue weighted by Crippen LogP contribution is -2.58. The molecule has 10 nitrogen and oxygen atoms in total. The highest BCUT2D eigenvalue weighted by atomic mass is 19.1. The second-order valence-corrected chi connectivity index (χ2v) is 8.14. The van der Waals surface area contributed by atoms with Crippen LogP contribution in [-0.4, -0.2) is 81.4 Å². The first kappa shape index (κ1) is 24.6. The molecule has 0 spiro atoms. The van der Waals surface area contributed by atoms with E-state index < -0.39 is 53.9 Å². The number of hydrogen-bond acceptors (Lipinski definition) is 6. The van der Waals surface area contributed by atoms with Crippen LogP contribution in [0.5, 0.6) is 0 Å². The van der Waals surface area contributed by atoms with Crippen LogP contribution in [0, 0.1) is 5.82 Å². The molecule has 3 rings (SSSR count). The highest BCUT2D eigenvalue weighted by molar-refractivity contribution is 5.93. The maximum atomic E-state index is 13.7. The smallest absolute Gasteiger partial charge is 0.328 e. The number of amides is 2. The molecule has 0 radical (unpaired) electrons. The van der Waals surface area contributed by atoms with Crippen LogP contribution >= 0.6 is 0 Å². The third-order valence-electron chi connectivity index (χ3n) is 5.81. The summed E-state index contributed by atoms with van der Waals surface area (Å²) in [7, 11) is 0. The highest BCUT2D eigenvalue weighted by Crippen LogP contribution is 2.25. The zero-order chi connectivity index (χ0) is 24.3. The van der Waals surface area contributed by atoms with Gasteiger partial charge in [0.05, 0.1) is 18.2 Å². The summed E-state index contributed by atoms with van der Waals surface area (Å²) in [6.07, 6.45) is 0.158. The number of carboxylic acid groups (broad SMARTS) is 1. The Kier molecular flexibility index (Phi) is 7.67. The SMILES string of the molecule is CCO[C@H]1CCN(C(=O)[C@@H](N)Cc2c[nH]c3ccc(F)cc23)[C@@H]1C(=O)N[C@H](C(=O)O)[C@@H](C)O. The van der Waals surface area contributed by atoms with Crippen molar-refractivity contribution in [2.45, 2.75) is 57.0 Å². The van der Waals surface area contributed by atoms with E-state index in [4.69, 9.17) is 10.5 Å². The summed E-state index contributed by atoms with van der Waals surface area (Å²) in [5, 5.41) is 21.9. The van der Waals surface area contributed by atoms with Crippen LogP contribution in [0.25, 0.3) is 10.9 Å². The number of benzene rings is 1. The maximum Gasteiger partial charge on any atom is 0.328 e. The molecule has 5 atom stereocenters. The molecule has 180 valence electrons. The van der Waals surface area contributed by atoms with Crippen LogP contribution in [0.15, 0.2) is 24.4 Å². The molecule has 2 aromatic rings. The van der Waals surface area contributed by atoms with E-state index in [-0.39, 0.29) is 13.0 Å². The summed E-state index contributed by atoms with van der Waals surface area (Å²) in [6.45, 7) is 3.49. The van der Waals surface area contributed by atoms with E-state index in [1.807, 2.05) is 0 Å². The summed E-state index contributed by atoms with van der Waals surface area (Å²) in [4.78, 5) is 41.9. The van der Waals surface area contributed by atoms with Gasteiger partial charge in [0.25, 0.3) is 0 Å². The van der Waals surface area contributed by atoms with Gasteiger partial charge in [0.1, 0.15) is 11.9 Å². The molecule has 1 fully saturated rings. The Morgan fingerprint density at radius 2 is 2.12 bits per heavy atom. The van der Waals surface area contributed by atoms with E-state index in [1.165, 1.54) is 24.0 Å². The number of carboxylic acids is 1. The minimum Gasteiger partial charge on any atom is -0.480 e. The molecule has 0 saturated carbocycles. The number of ether oxygens (including phenoxy) is 1. The summed E-state index contributed by atoms with van der Waals surface area (Å²) in [5.41, 5.74) is 7.56. The summed E-state index contributed by atoms with van der Waals surface area (Å²) >= 11 is 0. The number of aliphatic hydroxyl groups excluding tert-OH is 1. The molecule has 0 unspecified atom stereocenters. The van der Waals surface area contributed by atoms with Crippen molar-refractivity contribution < 1.29 is 33.7 Å². The number of likely N-dealkylation sites (tertiary alicyclic amines) is 1. The van der Waals surface area contributed by atoms with Crippen molar-refractivity contribution in [1.29, 1.82) is 0 Å². The number of aliphatic hydroxyl groups is 1. The number of hydrogen-bond donors (Lipinski definition) is 5. The zero-order valence-corrected chi connectivity index (χ0v) is 18.5. The first-order valence-corrected chi connectivity index (χ1v) is 10.8. The lowest BCUT2D eigenvalue weighted by molar-refractivity contribution is -0.148. The monoisotopic (exact) mass is 464 g/mol. The van der Waals surface area contributed by atoms with Gasteiger partial charge < -0.3 is 35.9 Å². The number of nitrogens with one attached hydrogen (secondary N) is 2. The zero-order valence-electron chi connectivity index (χ0n) is 18.5. The Morgan fingerprint density at radius 3 is 2.76 bits per heavy atom. The normalized spacial score (nSPS) is 21.1. The van der Waals surface area contributed by atoms with Crippen molar-refractivity contribution in [3.8, 4) is 0 Å². The number of carbonyl (C=O) groups excluding carboxylic acids is 2. The Balaban J connectivity index is 1.79. The fourth-order valence-electron chi connectivity index (χ4n) is 4.19. The number of nitrogens with zero attached hydrogens (tertiary/aromatic N) is 1. The van der Waals surface area contributed by atoms with Crippen molar-refractivity contribution in [1.82, 2.24) is 15.2 Å². The van der Waals surface area contributed by atoms with E-state index in [2.05, 4.69) is 10.3 Å². The molecule has 0 aliphatic carbocycles. The number of aliphatic carboxylic acids is 1. The molecule has 6 N–H and O–H groups in total. The van der Waals surface area contributed by atoms with Gasteiger partial charge in [-0.2, -0.15) is 0 Å². The molecular formula is C22H29FN4O6. The third-order valence-corrected chi connectivity index (χ3v) is 5.81. The van der Waals surface area contributed by atoms with Gasteiger partial charge in [-0.15, -0.1) is 0 Å². The van der Waals surface area contributed by atoms with Crippen LogP contribution in [-0.2, 0) is 25.5 Å². The highest BCUT2D eigenvalue weighted by Gasteiger charge is 2.45. The van der Waals surface area contributed by atoms with Gasteiger partial charge >= 0.3 is 5.97 Å². The number of aromatic nitrogens is 1. The fraction of sp³-hybridized carbons (Fsp3) is 0.500. The van der Waals surface area contributed by atoms with Gasteiger partial charge in [0.15, 0.2) is 6.04 Å². The molecule has 1 aromatic heterocycles. The molecule has 1 aliphatic rings. The van der Waals surface area contributed by atoms with E-state index in [9.17, 15) is 29.0 Å². The van der Waals surface area contributed by atoms with Crippen molar-refractivity contribution in [2.24, 2.45) is 5.73 Å². The van der Waals surface area contributed by atoms with Crippen LogP contribution in [0.4, 0.5) is 4.39 Å². The third kappa shape index (κ3) is 5.32. The van der Waals surface area contributed by atoms with Gasteiger partial charge in [0.2, 0.25) is 11.8 Å². The molecule has 33 heavy (non-hydrogen) atoms. The Hall–Kier alpha value is -3.02. The van der Waals surface area contributed by atoms with Crippen molar-refractivity contribution >= 4 is 28.7 Å². The molecule has 2 heterocycles. The fourth-order valence-corrected chi connectivity index (χ4v) is 4.19. The quantitative estimate of drug-likeness (QED) is 0.353. The maximum absolute atomic E-state index is 13.7. The van der Waals surface area contributed by atoms with E-state index in [1.54, 1.807) is 19.2 Å². The van der Waals surface area contributed by atoms with Crippen LogP contribution in [0.1, 0.15) is 25.8 Å². The van der Waals surface area contributed by atoms with Crippen molar-refractivity contribution in [3.63, 3.8) is 0 Å². The van der Waals surface area contributed by atoms with Crippen LogP contribution in [0.2, 0.25) is 0 Å². The van der Waals surface area contributed by atoms with Crippen molar-refractivity contribution in [3.05, 3.63) is 35.8 Å². The molecule has 2 amide bonds. The number of fused-ring (bicyclic) bond motifs is 1. The van der Waals surface area contributed by atoms with E-state index in [0.29, 0.717) is 29.5 Å². The lowest BCUT2D eigenvalue weighted by Gasteiger charge is -2.30. The molecule has 11 heteroatoms. The minimum absolute atomic E-state index is 0.109. The number of rotatable bonds is 9. The first-order chi connectivity index (χ1) is 15.6. The largest absolute Gasteiger partial charge is 0.480 e. The van der Waals surface area contributed by atoms with E-state index >= 15 is 0 Å². The lowest BCUT2D eigenvalue weighted by atomic mass is 10.0. The second-order valence-electron chi connectivity index (χ2n) is 8.14. The van der Waals surface area contributed by atoms with Crippen LogP contribution in [0.3, 0.4) is 0 Å². The number of aromatic amines is 1. The number of H-pyrrole nitrogens is 1. The average molecular weight is 464 g/mol. The summed E-state index contributed by atoms with van der Waals surface area (Å²) < 4.78 is 19.3. The minimum atomic E-state index is -1.54. The molecular weight excluding hydrogens is 435 g/mol. The first-order valence-electron chi connectivity index (χ1n) is 10.8. The predicted molar refractivity (Wildman–Crippen MR) is 117 cm³/mol. The summed E-state index contributed by atoms with van der Waals surface area (Å²) in [5.74, 6) is -3.06.